The molecule has 0 aliphatic carbocycles. The summed E-state index contributed by atoms with van der Waals surface area (Å²) >= 11 is 0. The molecule has 54 heavy (non-hydrogen) atoms. The van der Waals surface area contributed by atoms with Gasteiger partial charge >= 0.3 is 0 Å². The summed E-state index contributed by atoms with van der Waals surface area (Å²) in [6, 6.07) is 65.6. The fourth-order valence-corrected chi connectivity index (χ4v) is 7.46. The number of nitrogens with zero attached hydrogens (tertiary/aromatic N) is 4. The van der Waals surface area contributed by atoms with Crippen LogP contribution in [0.25, 0.3) is 100.0 Å². The smallest absolute Gasteiger partial charge is 0.160 e. The summed E-state index contributed by atoms with van der Waals surface area (Å²) in [6.45, 7) is 0. The topological polar surface area (TPSA) is 51.6 Å². The van der Waals surface area contributed by atoms with Gasteiger partial charge < -0.3 is 0 Å². The van der Waals surface area contributed by atoms with E-state index in [1.807, 2.05) is 30.3 Å². The van der Waals surface area contributed by atoms with Gasteiger partial charge in [0.15, 0.2) is 5.82 Å². The number of hydrogen-bond donors (Lipinski definition) is 0. The zero-order chi connectivity index (χ0) is 35.8. The Labute approximate surface area is 313 Å². The van der Waals surface area contributed by atoms with Crippen LogP contribution in [0.4, 0.5) is 0 Å². The van der Waals surface area contributed by atoms with Gasteiger partial charge in [-0.2, -0.15) is 0 Å². The summed E-state index contributed by atoms with van der Waals surface area (Å²) in [7, 11) is 0. The number of pyridine rings is 2. The van der Waals surface area contributed by atoms with Crippen LogP contribution in [0, 0.1) is 0 Å². The molecular weight excluding hydrogens is 657 g/mol. The molecule has 0 saturated carbocycles. The largest absolute Gasteiger partial charge is 0.255 e. The molecule has 3 heterocycles. The quantitative estimate of drug-likeness (QED) is 0.163. The standard InChI is InChI=1S/C50H32N4/c1-2-12-33(13-3-1)34-23-25-36(26-24-34)50-53-46(32-47(54-50)45-22-8-9-29-51-45)39-17-10-15-37(30-39)38-16-11-18-40(31-38)49-43-28-27-35-14-4-5-19-41(35)48(43)42-20-6-7-21-44(42)52-49/h1-32H. The van der Waals surface area contributed by atoms with Crippen molar-refractivity contribution in [2.75, 3.05) is 0 Å². The minimum absolute atomic E-state index is 0.655. The second-order valence-corrected chi connectivity index (χ2v) is 13.5. The number of fused-ring (bicyclic) bond motifs is 5. The number of aromatic nitrogens is 4. The van der Waals surface area contributed by atoms with Crippen molar-refractivity contribution in [1.82, 2.24) is 19.9 Å². The van der Waals surface area contributed by atoms with Gasteiger partial charge in [0.05, 0.1) is 28.3 Å². The minimum Gasteiger partial charge on any atom is -0.255 e. The average molecular weight is 689 g/mol. The Morgan fingerprint density at radius 3 is 1.76 bits per heavy atom. The third-order valence-corrected chi connectivity index (χ3v) is 10.1. The van der Waals surface area contributed by atoms with E-state index in [0.29, 0.717) is 5.82 Å². The van der Waals surface area contributed by atoms with E-state index in [-0.39, 0.29) is 0 Å². The molecule has 0 bridgehead atoms. The van der Waals surface area contributed by atoms with Crippen molar-refractivity contribution in [2.45, 2.75) is 0 Å². The number of para-hydroxylation sites is 1. The van der Waals surface area contributed by atoms with Gasteiger partial charge in [0.1, 0.15) is 0 Å². The van der Waals surface area contributed by atoms with Crippen molar-refractivity contribution >= 4 is 32.4 Å². The molecule has 0 saturated heterocycles. The normalized spacial score (nSPS) is 11.3. The van der Waals surface area contributed by atoms with Crippen LogP contribution in [0.15, 0.2) is 194 Å². The molecule has 4 nitrogen and oxygen atoms in total. The predicted octanol–water partition coefficient (Wildman–Crippen LogP) is 12.7. The second-order valence-electron chi connectivity index (χ2n) is 13.5. The minimum atomic E-state index is 0.655. The maximum absolute atomic E-state index is 5.26. The van der Waals surface area contributed by atoms with E-state index < -0.39 is 0 Å². The SMILES string of the molecule is c1ccc(-c2ccc(-c3nc(-c4cccc(-c5cccc(-c6nc7ccccc7c7c6ccc6ccccc67)c5)c4)cc(-c4ccccn4)n3)cc2)cc1. The molecule has 0 radical (unpaired) electrons. The molecule has 0 fully saturated rings. The van der Waals surface area contributed by atoms with Gasteiger partial charge in [-0.15, -0.1) is 0 Å². The van der Waals surface area contributed by atoms with Crippen LogP contribution in [0.2, 0.25) is 0 Å². The first-order valence-corrected chi connectivity index (χ1v) is 18.1. The van der Waals surface area contributed by atoms with Gasteiger partial charge in [-0.1, -0.05) is 152 Å². The van der Waals surface area contributed by atoms with E-state index in [1.165, 1.54) is 27.1 Å². The van der Waals surface area contributed by atoms with Crippen LogP contribution in [0.3, 0.4) is 0 Å². The first-order chi connectivity index (χ1) is 26.7. The predicted molar refractivity (Wildman–Crippen MR) is 223 cm³/mol. The Hall–Kier alpha value is -7.30. The van der Waals surface area contributed by atoms with E-state index in [0.717, 1.165) is 67.1 Å². The molecule has 0 spiro atoms. The molecule has 0 aliphatic rings. The highest BCUT2D eigenvalue weighted by molar-refractivity contribution is 6.22. The Kier molecular flexibility index (Phi) is 7.77. The highest BCUT2D eigenvalue weighted by Gasteiger charge is 2.15. The molecule has 3 aromatic heterocycles. The van der Waals surface area contributed by atoms with Crippen molar-refractivity contribution in [2.24, 2.45) is 0 Å². The molecule has 252 valence electrons. The third kappa shape index (κ3) is 5.76. The van der Waals surface area contributed by atoms with Crippen LogP contribution >= 0.6 is 0 Å². The molecule has 0 aliphatic heterocycles. The fraction of sp³-hybridized carbons (Fsp3) is 0. The molecule has 0 amide bonds. The monoisotopic (exact) mass is 688 g/mol. The molecule has 4 heteroatoms. The van der Waals surface area contributed by atoms with Crippen LogP contribution in [-0.4, -0.2) is 19.9 Å². The van der Waals surface area contributed by atoms with Gasteiger partial charge in [0.25, 0.3) is 0 Å². The van der Waals surface area contributed by atoms with Gasteiger partial charge in [0.2, 0.25) is 0 Å². The van der Waals surface area contributed by atoms with Gasteiger partial charge in [-0.3, -0.25) is 4.98 Å². The average Bonchev–Trinajstić information content (AvgIpc) is 3.26. The highest BCUT2D eigenvalue weighted by atomic mass is 14.9. The molecule has 10 aromatic rings. The maximum Gasteiger partial charge on any atom is 0.160 e. The Morgan fingerprint density at radius 2 is 0.944 bits per heavy atom. The van der Waals surface area contributed by atoms with Crippen LogP contribution in [0.5, 0.6) is 0 Å². The lowest BCUT2D eigenvalue weighted by Crippen LogP contribution is -1.97. The van der Waals surface area contributed by atoms with Crippen molar-refractivity contribution in [3.63, 3.8) is 0 Å². The summed E-state index contributed by atoms with van der Waals surface area (Å²) in [5.41, 5.74) is 11.9. The highest BCUT2D eigenvalue weighted by Crippen LogP contribution is 2.38. The van der Waals surface area contributed by atoms with Crippen LogP contribution in [-0.2, 0) is 0 Å². The first kappa shape index (κ1) is 31.4. The fourth-order valence-electron chi connectivity index (χ4n) is 7.46. The molecule has 0 unspecified atom stereocenters. The lowest BCUT2D eigenvalue weighted by atomic mass is 9.93. The van der Waals surface area contributed by atoms with Crippen LogP contribution < -0.4 is 0 Å². The summed E-state index contributed by atoms with van der Waals surface area (Å²) in [6.07, 6.45) is 1.80. The van der Waals surface area contributed by atoms with Crippen molar-refractivity contribution in [1.29, 1.82) is 0 Å². The lowest BCUT2D eigenvalue weighted by Gasteiger charge is -2.14. The van der Waals surface area contributed by atoms with Gasteiger partial charge in [-0.25, -0.2) is 15.0 Å². The Balaban J connectivity index is 1.07. The van der Waals surface area contributed by atoms with E-state index in [4.69, 9.17) is 15.0 Å². The van der Waals surface area contributed by atoms with E-state index in [9.17, 15) is 0 Å². The first-order valence-electron chi connectivity index (χ1n) is 18.1. The van der Waals surface area contributed by atoms with Gasteiger partial charge in [0, 0.05) is 39.0 Å². The molecule has 7 aromatic carbocycles. The van der Waals surface area contributed by atoms with Crippen molar-refractivity contribution in [3.8, 4) is 67.5 Å². The van der Waals surface area contributed by atoms with Gasteiger partial charge in [-0.05, 0) is 69.4 Å². The molecular formula is C50H32N4. The number of benzene rings is 7. The lowest BCUT2D eigenvalue weighted by molar-refractivity contribution is 1.16. The zero-order valence-corrected chi connectivity index (χ0v) is 29.3. The number of rotatable bonds is 6. The molecule has 0 N–H and O–H groups in total. The summed E-state index contributed by atoms with van der Waals surface area (Å²) < 4.78 is 0. The Morgan fingerprint density at radius 1 is 0.315 bits per heavy atom. The van der Waals surface area contributed by atoms with Crippen molar-refractivity contribution in [3.05, 3.63) is 194 Å². The van der Waals surface area contributed by atoms with Crippen molar-refractivity contribution < 1.29 is 0 Å². The third-order valence-electron chi connectivity index (χ3n) is 10.1. The maximum atomic E-state index is 5.26. The van der Waals surface area contributed by atoms with E-state index in [1.54, 1.807) is 6.20 Å². The van der Waals surface area contributed by atoms with E-state index in [2.05, 4.69) is 163 Å². The zero-order valence-electron chi connectivity index (χ0n) is 29.3. The second kappa shape index (κ2) is 13.4. The molecule has 10 rings (SSSR count). The molecule has 0 atom stereocenters. The summed E-state index contributed by atoms with van der Waals surface area (Å²) in [5.74, 6) is 0.655. The van der Waals surface area contributed by atoms with Crippen LogP contribution in [0.1, 0.15) is 0 Å². The van der Waals surface area contributed by atoms with E-state index >= 15 is 0 Å². The Bertz CT molecular complexity index is 2960. The summed E-state index contributed by atoms with van der Waals surface area (Å²) in [4.78, 5) is 20.0. The summed E-state index contributed by atoms with van der Waals surface area (Å²) in [5, 5.41) is 6.00. The number of hydrogen-bond acceptors (Lipinski definition) is 4.